The van der Waals surface area contributed by atoms with Crippen LogP contribution in [-0.4, -0.2) is 21.4 Å². The summed E-state index contributed by atoms with van der Waals surface area (Å²) in [6, 6.07) is 5.16. The highest BCUT2D eigenvalue weighted by atomic mass is 35.5. The maximum atomic E-state index is 9.84. The molecule has 1 aliphatic rings. The van der Waals surface area contributed by atoms with Gasteiger partial charge in [0.05, 0.1) is 22.6 Å². The lowest BCUT2D eigenvalue weighted by atomic mass is 10.1. The summed E-state index contributed by atoms with van der Waals surface area (Å²) in [5.41, 5.74) is 0.741. The molecule has 0 aliphatic heterocycles. The highest BCUT2D eigenvalue weighted by Gasteiger charge is 2.31. The van der Waals surface area contributed by atoms with Crippen molar-refractivity contribution in [3.63, 3.8) is 0 Å². The first-order chi connectivity index (χ1) is 9.13. The molecular weight excluding hydrogens is 287 g/mol. The standard InChI is InChI=1S/C13H12Cl2N2O2/c14-9-4-3-8(5-10(9)15)13-16-12(19-17-13)6-11(18)7-1-2-7/h3-5,7,11,18H,1-2,6H2. The predicted molar refractivity (Wildman–Crippen MR) is 72.2 cm³/mol. The summed E-state index contributed by atoms with van der Waals surface area (Å²) in [6.45, 7) is 0. The molecule has 1 unspecified atom stereocenters. The Morgan fingerprint density at radius 2 is 2.11 bits per heavy atom. The lowest BCUT2D eigenvalue weighted by Gasteiger charge is -2.03. The second kappa shape index (κ2) is 5.12. The fourth-order valence-corrected chi connectivity index (χ4v) is 2.21. The van der Waals surface area contributed by atoms with Crippen LogP contribution in [0.15, 0.2) is 22.7 Å². The van der Waals surface area contributed by atoms with E-state index in [0.29, 0.717) is 34.1 Å². The Hall–Kier alpha value is -1.10. The highest BCUT2D eigenvalue weighted by molar-refractivity contribution is 6.42. The van der Waals surface area contributed by atoms with Crippen molar-refractivity contribution in [2.24, 2.45) is 5.92 Å². The van der Waals surface area contributed by atoms with Crippen molar-refractivity contribution < 1.29 is 9.63 Å². The summed E-state index contributed by atoms with van der Waals surface area (Å²) < 4.78 is 5.14. The minimum atomic E-state index is -0.387. The van der Waals surface area contributed by atoms with E-state index in [9.17, 15) is 5.11 Å². The fraction of sp³-hybridized carbons (Fsp3) is 0.385. The first kappa shape index (κ1) is 12.9. The van der Waals surface area contributed by atoms with E-state index >= 15 is 0 Å². The average molecular weight is 299 g/mol. The third-order valence-electron chi connectivity index (χ3n) is 3.20. The summed E-state index contributed by atoms with van der Waals surface area (Å²) >= 11 is 11.8. The molecule has 6 heteroatoms. The fourth-order valence-electron chi connectivity index (χ4n) is 1.92. The Morgan fingerprint density at radius 1 is 1.32 bits per heavy atom. The molecule has 1 saturated carbocycles. The molecule has 0 saturated heterocycles. The van der Waals surface area contributed by atoms with E-state index in [1.165, 1.54) is 0 Å². The van der Waals surface area contributed by atoms with Crippen LogP contribution in [-0.2, 0) is 6.42 Å². The van der Waals surface area contributed by atoms with E-state index in [0.717, 1.165) is 18.4 Å². The van der Waals surface area contributed by atoms with Crippen LogP contribution in [0.3, 0.4) is 0 Å². The zero-order valence-electron chi connectivity index (χ0n) is 10.0. The van der Waals surface area contributed by atoms with Gasteiger partial charge in [-0.25, -0.2) is 0 Å². The average Bonchev–Trinajstić information content (AvgIpc) is 3.14. The van der Waals surface area contributed by atoms with E-state index in [2.05, 4.69) is 10.1 Å². The van der Waals surface area contributed by atoms with Crippen LogP contribution in [0, 0.1) is 5.92 Å². The Balaban J connectivity index is 1.77. The van der Waals surface area contributed by atoms with Crippen LogP contribution in [0.2, 0.25) is 10.0 Å². The van der Waals surface area contributed by atoms with Crippen LogP contribution >= 0.6 is 23.2 Å². The van der Waals surface area contributed by atoms with Gasteiger partial charge in [-0.2, -0.15) is 4.98 Å². The second-order valence-electron chi connectivity index (χ2n) is 4.75. The van der Waals surface area contributed by atoms with Crippen molar-refractivity contribution in [3.05, 3.63) is 34.1 Å². The lowest BCUT2D eigenvalue weighted by Crippen LogP contribution is -2.12. The number of aliphatic hydroxyl groups excluding tert-OH is 1. The number of aromatic nitrogens is 2. The predicted octanol–water partition coefficient (Wildman–Crippen LogP) is 3.36. The summed E-state index contributed by atoms with van der Waals surface area (Å²) in [5, 5.41) is 14.7. The number of hydrogen-bond acceptors (Lipinski definition) is 4. The number of nitrogens with zero attached hydrogens (tertiary/aromatic N) is 2. The highest BCUT2D eigenvalue weighted by Crippen LogP contribution is 2.34. The van der Waals surface area contributed by atoms with Crippen molar-refractivity contribution >= 4 is 23.2 Å². The summed E-state index contributed by atoms with van der Waals surface area (Å²) in [4.78, 5) is 4.26. The molecule has 0 radical (unpaired) electrons. The Bertz CT molecular complexity index is 596. The largest absolute Gasteiger partial charge is 0.392 e. The van der Waals surface area contributed by atoms with Gasteiger partial charge in [-0.15, -0.1) is 0 Å². The number of rotatable bonds is 4. The molecule has 0 bridgehead atoms. The van der Waals surface area contributed by atoms with Crippen molar-refractivity contribution in [2.75, 3.05) is 0 Å². The summed E-state index contributed by atoms with van der Waals surface area (Å²) in [7, 11) is 0. The number of hydrogen-bond donors (Lipinski definition) is 1. The molecule has 100 valence electrons. The normalized spacial score (nSPS) is 16.6. The smallest absolute Gasteiger partial charge is 0.229 e. The van der Waals surface area contributed by atoms with Crippen molar-refractivity contribution in [1.29, 1.82) is 0 Å². The van der Waals surface area contributed by atoms with Crippen LogP contribution in [0.25, 0.3) is 11.4 Å². The molecular formula is C13H12Cl2N2O2. The molecule has 0 amide bonds. The van der Waals surface area contributed by atoms with Crippen LogP contribution in [0.1, 0.15) is 18.7 Å². The van der Waals surface area contributed by atoms with Crippen molar-refractivity contribution in [2.45, 2.75) is 25.4 Å². The van der Waals surface area contributed by atoms with Crippen LogP contribution in [0.4, 0.5) is 0 Å². The van der Waals surface area contributed by atoms with E-state index in [4.69, 9.17) is 27.7 Å². The van der Waals surface area contributed by atoms with Crippen LogP contribution < -0.4 is 0 Å². The van der Waals surface area contributed by atoms with Gasteiger partial charge in [-0.05, 0) is 37.0 Å². The first-order valence-corrected chi connectivity index (χ1v) is 6.85. The molecule has 3 rings (SSSR count). The van der Waals surface area contributed by atoms with Crippen LogP contribution in [0.5, 0.6) is 0 Å². The molecule has 4 nitrogen and oxygen atoms in total. The van der Waals surface area contributed by atoms with Gasteiger partial charge in [-0.3, -0.25) is 0 Å². The molecule has 0 spiro atoms. The molecule has 1 fully saturated rings. The molecule has 1 aromatic carbocycles. The monoisotopic (exact) mass is 298 g/mol. The quantitative estimate of drug-likeness (QED) is 0.940. The molecule has 2 aromatic rings. The van der Waals surface area contributed by atoms with Gasteiger partial charge in [0, 0.05) is 5.56 Å². The Kier molecular flexibility index (Phi) is 3.48. The zero-order chi connectivity index (χ0) is 13.4. The van der Waals surface area contributed by atoms with Gasteiger partial charge < -0.3 is 9.63 Å². The second-order valence-corrected chi connectivity index (χ2v) is 5.56. The maximum absolute atomic E-state index is 9.84. The Labute approximate surface area is 120 Å². The molecule has 1 atom stereocenters. The van der Waals surface area contributed by atoms with E-state index in [-0.39, 0.29) is 6.10 Å². The Morgan fingerprint density at radius 3 is 2.79 bits per heavy atom. The van der Waals surface area contributed by atoms with Gasteiger partial charge in [0.1, 0.15) is 0 Å². The topological polar surface area (TPSA) is 59.2 Å². The minimum absolute atomic E-state index is 0.387. The third-order valence-corrected chi connectivity index (χ3v) is 3.93. The summed E-state index contributed by atoms with van der Waals surface area (Å²) in [5.74, 6) is 1.29. The zero-order valence-corrected chi connectivity index (χ0v) is 11.5. The maximum Gasteiger partial charge on any atom is 0.229 e. The van der Waals surface area contributed by atoms with Gasteiger partial charge >= 0.3 is 0 Å². The first-order valence-electron chi connectivity index (χ1n) is 6.09. The van der Waals surface area contributed by atoms with E-state index < -0.39 is 0 Å². The van der Waals surface area contributed by atoms with Crippen molar-refractivity contribution in [3.8, 4) is 11.4 Å². The molecule has 1 N–H and O–H groups in total. The number of benzene rings is 1. The molecule has 19 heavy (non-hydrogen) atoms. The van der Waals surface area contributed by atoms with Gasteiger partial charge in [0.2, 0.25) is 11.7 Å². The van der Waals surface area contributed by atoms with E-state index in [1.807, 2.05) is 0 Å². The summed E-state index contributed by atoms with van der Waals surface area (Å²) in [6.07, 6.45) is 2.17. The van der Waals surface area contributed by atoms with Gasteiger partial charge in [-0.1, -0.05) is 28.4 Å². The molecule has 1 aromatic heterocycles. The minimum Gasteiger partial charge on any atom is -0.392 e. The molecule has 1 aliphatic carbocycles. The number of halogens is 2. The number of aliphatic hydroxyl groups is 1. The van der Waals surface area contributed by atoms with E-state index in [1.54, 1.807) is 18.2 Å². The SMILES string of the molecule is OC(Cc1nc(-c2ccc(Cl)c(Cl)c2)no1)C1CC1. The van der Waals surface area contributed by atoms with Gasteiger partial charge in [0.15, 0.2) is 0 Å². The third kappa shape index (κ3) is 2.91. The molecule has 1 heterocycles. The van der Waals surface area contributed by atoms with Gasteiger partial charge in [0.25, 0.3) is 0 Å². The lowest BCUT2D eigenvalue weighted by molar-refractivity contribution is 0.140. The van der Waals surface area contributed by atoms with Crippen molar-refractivity contribution in [1.82, 2.24) is 10.1 Å².